The number of aromatic nitrogens is 1. The second-order valence-electron chi connectivity index (χ2n) is 7.91. The van der Waals surface area contributed by atoms with Gasteiger partial charge < -0.3 is 0 Å². The molecule has 0 aliphatic rings. The Hall–Kier alpha value is -3.13. The van der Waals surface area contributed by atoms with E-state index in [4.69, 9.17) is 0 Å². The molecule has 1 heterocycles. The maximum Gasteiger partial charge on any atom is 0.235 e. The number of nitrogens with zero attached hydrogens (tertiary/aromatic N) is 1. The summed E-state index contributed by atoms with van der Waals surface area (Å²) >= 11 is 0. The van der Waals surface area contributed by atoms with Crippen LogP contribution in [0.25, 0.3) is 22.0 Å². The van der Waals surface area contributed by atoms with Gasteiger partial charge in [-0.2, -0.15) is 0 Å². The Morgan fingerprint density at radius 1 is 0.828 bits per heavy atom. The minimum atomic E-state index is 0.0960. The molecule has 2 nitrogen and oxygen atoms in total. The van der Waals surface area contributed by atoms with Crippen molar-refractivity contribution in [2.75, 3.05) is 0 Å². The van der Waals surface area contributed by atoms with E-state index >= 15 is 0 Å². The van der Waals surface area contributed by atoms with E-state index in [-0.39, 0.29) is 5.91 Å². The lowest BCUT2D eigenvalue weighted by Crippen LogP contribution is -2.12. The second kappa shape index (κ2) is 8.08. The van der Waals surface area contributed by atoms with E-state index in [2.05, 4.69) is 75.4 Å². The number of benzene rings is 3. The predicted molar refractivity (Wildman–Crippen MR) is 122 cm³/mol. The van der Waals surface area contributed by atoms with E-state index in [1.54, 1.807) is 0 Å². The number of rotatable bonds is 5. The van der Waals surface area contributed by atoms with Gasteiger partial charge in [0.2, 0.25) is 5.91 Å². The van der Waals surface area contributed by atoms with Crippen LogP contribution in [0.1, 0.15) is 48.2 Å². The number of carbonyl (C=O) groups is 1. The lowest BCUT2D eigenvalue weighted by molar-refractivity contribution is 0.0919. The third-order valence-electron chi connectivity index (χ3n) is 5.64. The maximum atomic E-state index is 13.2. The molecule has 4 rings (SSSR count). The molecule has 0 spiro atoms. The first kappa shape index (κ1) is 19.2. The largest absolute Gasteiger partial charge is 0.286 e. The number of fused-ring (bicyclic) bond motifs is 1. The van der Waals surface area contributed by atoms with Gasteiger partial charge in [0.15, 0.2) is 0 Å². The summed E-state index contributed by atoms with van der Waals surface area (Å²) < 4.78 is 1.83. The van der Waals surface area contributed by atoms with Gasteiger partial charge in [-0.25, -0.2) is 0 Å². The molecule has 29 heavy (non-hydrogen) atoms. The van der Waals surface area contributed by atoms with Gasteiger partial charge in [0.25, 0.3) is 0 Å². The fraction of sp³-hybridized carbons (Fsp3) is 0.222. The molecule has 0 radical (unpaired) electrons. The first-order valence-corrected chi connectivity index (χ1v) is 10.4. The highest BCUT2D eigenvalue weighted by Gasteiger charge is 2.17. The fourth-order valence-corrected chi connectivity index (χ4v) is 4.00. The third-order valence-corrected chi connectivity index (χ3v) is 5.64. The highest BCUT2D eigenvalue weighted by Crippen LogP contribution is 2.35. The lowest BCUT2D eigenvalue weighted by Gasteiger charge is -2.11. The average Bonchev–Trinajstić information content (AvgIpc) is 3.14. The van der Waals surface area contributed by atoms with Gasteiger partial charge in [-0.3, -0.25) is 9.36 Å². The molecule has 0 saturated heterocycles. The molecule has 0 bridgehead atoms. The topological polar surface area (TPSA) is 22.0 Å². The third kappa shape index (κ3) is 3.75. The molecule has 1 aromatic heterocycles. The molecule has 0 atom stereocenters. The molecule has 0 amide bonds. The summed E-state index contributed by atoms with van der Waals surface area (Å²) in [5, 5.41) is 1.12. The van der Waals surface area contributed by atoms with Crippen molar-refractivity contribution in [2.24, 2.45) is 0 Å². The zero-order valence-corrected chi connectivity index (χ0v) is 17.4. The van der Waals surface area contributed by atoms with Crippen molar-refractivity contribution in [3.8, 4) is 11.1 Å². The van der Waals surface area contributed by atoms with Crippen LogP contribution in [-0.2, 0) is 12.8 Å². The van der Waals surface area contributed by atoms with Crippen LogP contribution < -0.4 is 0 Å². The molecule has 0 fully saturated rings. The monoisotopic (exact) mass is 381 g/mol. The minimum Gasteiger partial charge on any atom is -0.286 e. The van der Waals surface area contributed by atoms with Crippen molar-refractivity contribution >= 4 is 16.8 Å². The predicted octanol–water partition coefficient (Wildman–Crippen LogP) is 6.88. The van der Waals surface area contributed by atoms with Crippen LogP contribution in [0.15, 0.2) is 79.0 Å². The van der Waals surface area contributed by atoms with E-state index in [0.717, 1.165) is 28.5 Å². The molecule has 4 aromatic rings. The molecule has 0 unspecified atom stereocenters. The Balaban J connectivity index is 1.77. The van der Waals surface area contributed by atoms with Gasteiger partial charge in [0.1, 0.15) is 0 Å². The summed E-state index contributed by atoms with van der Waals surface area (Å²) in [6.45, 7) is 6.56. The first-order chi connectivity index (χ1) is 14.1. The smallest absolute Gasteiger partial charge is 0.235 e. The van der Waals surface area contributed by atoms with E-state index in [1.807, 2.05) is 29.0 Å². The van der Waals surface area contributed by atoms with Crippen LogP contribution in [0.4, 0.5) is 0 Å². The van der Waals surface area contributed by atoms with E-state index in [9.17, 15) is 4.79 Å². The number of aryl methyl sites for hydroxylation is 1. The Bertz CT molecular complexity index is 1150. The van der Waals surface area contributed by atoms with Gasteiger partial charge in [-0.15, -0.1) is 0 Å². The normalized spacial score (nSPS) is 11.3. The van der Waals surface area contributed by atoms with Crippen molar-refractivity contribution in [3.63, 3.8) is 0 Å². The van der Waals surface area contributed by atoms with Gasteiger partial charge in [-0.1, -0.05) is 87.5 Å². The Labute approximate surface area is 172 Å². The summed E-state index contributed by atoms with van der Waals surface area (Å²) in [7, 11) is 0. The van der Waals surface area contributed by atoms with Gasteiger partial charge >= 0.3 is 0 Å². The van der Waals surface area contributed by atoms with Crippen LogP contribution in [0.2, 0.25) is 0 Å². The molecule has 146 valence electrons. The Morgan fingerprint density at radius 2 is 1.48 bits per heavy atom. The number of carbonyl (C=O) groups excluding carboxylic acids is 1. The molecule has 0 aliphatic heterocycles. The number of para-hydroxylation sites is 1. The molecular formula is C27H27NO. The van der Waals surface area contributed by atoms with Crippen LogP contribution in [0.5, 0.6) is 0 Å². The van der Waals surface area contributed by atoms with Gasteiger partial charge in [0.05, 0.1) is 11.9 Å². The lowest BCUT2D eigenvalue weighted by atomic mass is 9.92. The number of hydrogen-bond donors (Lipinski definition) is 0. The quantitative estimate of drug-likeness (QED) is 0.369. The molecular weight excluding hydrogens is 354 g/mol. The average molecular weight is 382 g/mol. The zero-order chi connectivity index (χ0) is 20.4. The Kier molecular flexibility index (Phi) is 5.35. The highest BCUT2D eigenvalue weighted by atomic mass is 16.2. The van der Waals surface area contributed by atoms with Crippen molar-refractivity contribution in [2.45, 2.75) is 39.5 Å². The molecule has 0 N–H and O–H groups in total. The van der Waals surface area contributed by atoms with Crippen molar-refractivity contribution in [1.82, 2.24) is 4.57 Å². The molecule has 3 aromatic carbocycles. The summed E-state index contributed by atoms with van der Waals surface area (Å²) in [6.07, 6.45) is 3.43. The maximum absolute atomic E-state index is 13.2. The first-order valence-electron chi connectivity index (χ1n) is 10.4. The van der Waals surface area contributed by atoms with Crippen molar-refractivity contribution in [1.29, 1.82) is 0 Å². The summed E-state index contributed by atoms with van der Waals surface area (Å²) in [4.78, 5) is 13.2. The zero-order valence-electron chi connectivity index (χ0n) is 17.4. The summed E-state index contributed by atoms with van der Waals surface area (Å²) in [5.74, 6) is 0.514. The van der Waals surface area contributed by atoms with Crippen LogP contribution in [-0.4, -0.2) is 10.5 Å². The fourth-order valence-electron chi connectivity index (χ4n) is 4.00. The van der Waals surface area contributed by atoms with Crippen molar-refractivity contribution in [3.05, 3.63) is 95.7 Å². The molecule has 0 saturated carbocycles. The number of hydrogen-bond acceptors (Lipinski definition) is 1. The van der Waals surface area contributed by atoms with Crippen LogP contribution >= 0.6 is 0 Å². The summed E-state index contributed by atoms with van der Waals surface area (Å²) in [6, 6.07) is 25.1. The van der Waals surface area contributed by atoms with E-state index in [1.165, 1.54) is 16.7 Å². The van der Waals surface area contributed by atoms with E-state index in [0.29, 0.717) is 12.3 Å². The van der Waals surface area contributed by atoms with E-state index < -0.39 is 0 Å². The SMILES string of the molecule is CCc1ccc(CC(=O)n2cc(-c3ccccc3C(C)C)c3ccccc32)cc1. The summed E-state index contributed by atoms with van der Waals surface area (Å²) in [5.41, 5.74) is 6.95. The van der Waals surface area contributed by atoms with Gasteiger partial charge in [0, 0.05) is 17.1 Å². The Morgan fingerprint density at radius 3 is 2.21 bits per heavy atom. The highest BCUT2D eigenvalue weighted by molar-refractivity contribution is 6.02. The van der Waals surface area contributed by atoms with Gasteiger partial charge in [-0.05, 0) is 40.7 Å². The van der Waals surface area contributed by atoms with Crippen LogP contribution in [0, 0.1) is 0 Å². The minimum absolute atomic E-state index is 0.0960. The standard InChI is InChI=1S/C27H27NO/c1-4-20-13-15-21(16-14-20)17-27(29)28-18-25(24-11-7-8-12-26(24)28)23-10-6-5-9-22(23)19(2)3/h5-16,18-19H,4,17H2,1-3H3. The van der Waals surface area contributed by atoms with Crippen LogP contribution in [0.3, 0.4) is 0 Å². The second-order valence-corrected chi connectivity index (χ2v) is 7.91. The van der Waals surface area contributed by atoms with Crippen molar-refractivity contribution < 1.29 is 4.79 Å². The molecule has 2 heteroatoms. The molecule has 0 aliphatic carbocycles.